The van der Waals surface area contributed by atoms with Crippen LogP contribution in [-0.4, -0.2) is 10.2 Å². The molecule has 0 unspecified atom stereocenters. The SMILES string of the molecule is Cc1[nH]ncc1-c1ccc(C(F)F)c(F)c1. The molecule has 16 heavy (non-hydrogen) atoms. The zero-order valence-corrected chi connectivity index (χ0v) is 8.47. The first-order chi connectivity index (χ1) is 7.59. The van der Waals surface area contributed by atoms with Gasteiger partial charge in [0.05, 0.1) is 11.8 Å². The molecule has 0 fully saturated rings. The van der Waals surface area contributed by atoms with E-state index in [2.05, 4.69) is 10.2 Å². The smallest absolute Gasteiger partial charge is 0.266 e. The second-order valence-corrected chi connectivity index (χ2v) is 3.45. The molecule has 0 aliphatic rings. The molecule has 84 valence electrons. The summed E-state index contributed by atoms with van der Waals surface area (Å²) in [7, 11) is 0. The van der Waals surface area contributed by atoms with Gasteiger partial charge in [-0.05, 0) is 24.6 Å². The molecule has 2 aromatic rings. The molecule has 0 bridgehead atoms. The lowest BCUT2D eigenvalue weighted by atomic mass is 10.0. The second-order valence-electron chi connectivity index (χ2n) is 3.45. The van der Waals surface area contributed by atoms with Crippen molar-refractivity contribution in [2.24, 2.45) is 0 Å². The van der Waals surface area contributed by atoms with Crippen molar-refractivity contribution in [2.75, 3.05) is 0 Å². The number of halogens is 3. The van der Waals surface area contributed by atoms with E-state index in [0.29, 0.717) is 11.1 Å². The van der Waals surface area contributed by atoms with Crippen LogP contribution in [-0.2, 0) is 0 Å². The molecule has 0 saturated heterocycles. The third-order valence-corrected chi connectivity index (χ3v) is 2.38. The minimum absolute atomic E-state index is 0.535. The number of aromatic amines is 1. The van der Waals surface area contributed by atoms with Gasteiger partial charge in [-0.25, -0.2) is 13.2 Å². The number of aryl methyl sites for hydroxylation is 1. The molecule has 2 nitrogen and oxygen atoms in total. The van der Waals surface area contributed by atoms with Crippen LogP contribution >= 0.6 is 0 Å². The predicted octanol–water partition coefficient (Wildman–Crippen LogP) is 3.46. The third kappa shape index (κ3) is 1.80. The molecule has 0 radical (unpaired) electrons. The molecule has 1 aromatic heterocycles. The van der Waals surface area contributed by atoms with E-state index in [1.54, 1.807) is 6.92 Å². The number of hydrogen-bond donors (Lipinski definition) is 1. The summed E-state index contributed by atoms with van der Waals surface area (Å²) in [5.74, 6) is -0.895. The molecule has 0 aliphatic heterocycles. The van der Waals surface area contributed by atoms with Crippen molar-refractivity contribution in [1.29, 1.82) is 0 Å². The fourth-order valence-electron chi connectivity index (χ4n) is 1.51. The van der Waals surface area contributed by atoms with Gasteiger partial charge in [0, 0.05) is 11.3 Å². The normalized spacial score (nSPS) is 11.1. The van der Waals surface area contributed by atoms with Gasteiger partial charge >= 0.3 is 0 Å². The lowest BCUT2D eigenvalue weighted by Gasteiger charge is -2.04. The lowest BCUT2D eigenvalue weighted by Crippen LogP contribution is -1.91. The Kier molecular flexibility index (Phi) is 2.68. The van der Waals surface area contributed by atoms with E-state index >= 15 is 0 Å². The standard InChI is InChI=1S/C11H9F3N2/c1-6-9(5-15-16-6)7-2-3-8(11(13)14)10(12)4-7/h2-5,11H,1H3,(H,15,16). The van der Waals surface area contributed by atoms with E-state index in [1.165, 1.54) is 12.3 Å². The number of alkyl halides is 2. The summed E-state index contributed by atoms with van der Waals surface area (Å²) in [4.78, 5) is 0. The maximum atomic E-state index is 13.3. The van der Waals surface area contributed by atoms with Crippen LogP contribution < -0.4 is 0 Å². The summed E-state index contributed by atoms with van der Waals surface area (Å²) in [5.41, 5.74) is 1.43. The molecule has 1 heterocycles. The molecule has 1 N–H and O–H groups in total. The van der Waals surface area contributed by atoms with Gasteiger partial charge < -0.3 is 0 Å². The van der Waals surface area contributed by atoms with Gasteiger partial charge in [-0.2, -0.15) is 5.10 Å². The van der Waals surface area contributed by atoms with Gasteiger partial charge in [-0.3, -0.25) is 5.10 Å². The molecule has 0 spiro atoms. The van der Waals surface area contributed by atoms with Gasteiger partial charge in [0.15, 0.2) is 0 Å². The summed E-state index contributed by atoms with van der Waals surface area (Å²) in [6.07, 6.45) is -1.26. The van der Waals surface area contributed by atoms with Crippen LogP contribution in [0.1, 0.15) is 17.7 Å². The number of aromatic nitrogens is 2. The first kappa shape index (κ1) is 10.7. The Hall–Kier alpha value is -1.78. The lowest BCUT2D eigenvalue weighted by molar-refractivity contribution is 0.146. The molecule has 5 heteroatoms. The average molecular weight is 226 g/mol. The molecular weight excluding hydrogens is 217 g/mol. The first-order valence-electron chi connectivity index (χ1n) is 4.67. The van der Waals surface area contributed by atoms with Crippen LogP contribution in [0.5, 0.6) is 0 Å². The minimum atomic E-state index is -2.79. The van der Waals surface area contributed by atoms with E-state index in [0.717, 1.165) is 17.8 Å². The highest BCUT2D eigenvalue weighted by atomic mass is 19.3. The number of H-pyrrole nitrogens is 1. The molecular formula is C11H9F3N2. The summed E-state index contributed by atoms with van der Waals surface area (Å²) < 4.78 is 38.0. The monoisotopic (exact) mass is 226 g/mol. The van der Waals surface area contributed by atoms with E-state index in [9.17, 15) is 13.2 Å². The van der Waals surface area contributed by atoms with Gasteiger partial charge in [0.25, 0.3) is 6.43 Å². The number of nitrogens with one attached hydrogen (secondary N) is 1. The van der Waals surface area contributed by atoms with Crippen LogP contribution in [0.15, 0.2) is 24.4 Å². The molecule has 0 aliphatic carbocycles. The predicted molar refractivity (Wildman–Crippen MR) is 53.7 cm³/mol. The topological polar surface area (TPSA) is 28.7 Å². The van der Waals surface area contributed by atoms with Crippen molar-refractivity contribution in [1.82, 2.24) is 10.2 Å². The Morgan fingerprint density at radius 1 is 1.31 bits per heavy atom. The largest absolute Gasteiger partial charge is 0.282 e. The van der Waals surface area contributed by atoms with Crippen LogP contribution in [0.25, 0.3) is 11.1 Å². The second kappa shape index (κ2) is 4.00. The molecule has 0 saturated carbocycles. The highest BCUT2D eigenvalue weighted by molar-refractivity contribution is 5.65. The van der Waals surface area contributed by atoms with E-state index < -0.39 is 17.8 Å². The van der Waals surface area contributed by atoms with Gasteiger partial charge in [-0.15, -0.1) is 0 Å². The number of rotatable bonds is 2. The van der Waals surface area contributed by atoms with Crippen LogP contribution in [0, 0.1) is 12.7 Å². The van der Waals surface area contributed by atoms with Crippen molar-refractivity contribution < 1.29 is 13.2 Å². The maximum absolute atomic E-state index is 13.3. The number of nitrogens with zero attached hydrogens (tertiary/aromatic N) is 1. The third-order valence-electron chi connectivity index (χ3n) is 2.38. The highest BCUT2D eigenvalue weighted by Crippen LogP contribution is 2.27. The molecule has 2 rings (SSSR count). The average Bonchev–Trinajstić information content (AvgIpc) is 2.63. The Balaban J connectivity index is 2.46. The summed E-state index contributed by atoms with van der Waals surface area (Å²) in [6.45, 7) is 1.78. The van der Waals surface area contributed by atoms with Gasteiger partial charge in [0.2, 0.25) is 0 Å². The van der Waals surface area contributed by atoms with Crippen molar-refractivity contribution >= 4 is 0 Å². The Bertz CT molecular complexity index is 506. The van der Waals surface area contributed by atoms with Crippen molar-refractivity contribution in [3.05, 3.63) is 41.5 Å². The summed E-state index contributed by atoms with van der Waals surface area (Å²) in [6, 6.07) is 3.66. The van der Waals surface area contributed by atoms with Crippen molar-refractivity contribution in [3.63, 3.8) is 0 Å². The van der Waals surface area contributed by atoms with Crippen molar-refractivity contribution in [2.45, 2.75) is 13.3 Å². The van der Waals surface area contributed by atoms with Crippen LogP contribution in [0.2, 0.25) is 0 Å². The zero-order chi connectivity index (χ0) is 11.7. The first-order valence-corrected chi connectivity index (χ1v) is 4.67. The van der Waals surface area contributed by atoms with Crippen LogP contribution in [0.4, 0.5) is 13.2 Å². The molecule has 1 aromatic carbocycles. The fraction of sp³-hybridized carbons (Fsp3) is 0.182. The Morgan fingerprint density at radius 3 is 2.56 bits per heavy atom. The molecule has 0 amide bonds. The summed E-state index contributed by atoms with van der Waals surface area (Å²) >= 11 is 0. The minimum Gasteiger partial charge on any atom is -0.282 e. The van der Waals surface area contributed by atoms with Crippen LogP contribution in [0.3, 0.4) is 0 Å². The van der Waals surface area contributed by atoms with E-state index in [1.807, 2.05) is 0 Å². The summed E-state index contributed by atoms with van der Waals surface area (Å²) in [5, 5.41) is 6.49. The van der Waals surface area contributed by atoms with Gasteiger partial charge in [-0.1, -0.05) is 6.07 Å². The quantitative estimate of drug-likeness (QED) is 0.834. The Morgan fingerprint density at radius 2 is 2.06 bits per heavy atom. The number of benzene rings is 1. The Labute approximate surface area is 90.1 Å². The highest BCUT2D eigenvalue weighted by Gasteiger charge is 2.14. The zero-order valence-electron chi connectivity index (χ0n) is 8.47. The van der Waals surface area contributed by atoms with E-state index in [4.69, 9.17) is 0 Å². The maximum Gasteiger partial charge on any atom is 0.266 e. The van der Waals surface area contributed by atoms with Crippen molar-refractivity contribution in [3.8, 4) is 11.1 Å². The van der Waals surface area contributed by atoms with Gasteiger partial charge in [0.1, 0.15) is 5.82 Å². The molecule has 0 atom stereocenters. The number of hydrogen-bond acceptors (Lipinski definition) is 1. The fourth-order valence-corrected chi connectivity index (χ4v) is 1.51. The van der Waals surface area contributed by atoms with E-state index in [-0.39, 0.29) is 0 Å².